The second kappa shape index (κ2) is 8.56. The number of hydrogen-bond acceptors (Lipinski definition) is 5. The molecule has 3 aliphatic rings. The first kappa shape index (κ1) is 19.3. The van der Waals surface area contributed by atoms with Crippen LogP contribution in [0.15, 0.2) is 18.2 Å². The molecule has 0 aromatic heterocycles. The maximum Gasteiger partial charge on any atom is 0.258 e. The van der Waals surface area contributed by atoms with Gasteiger partial charge in [-0.15, -0.1) is 23.5 Å². The van der Waals surface area contributed by atoms with Crippen molar-refractivity contribution in [3.8, 4) is 11.5 Å². The first-order valence-electron chi connectivity index (χ1n) is 9.97. The lowest BCUT2D eigenvalue weighted by Gasteiger charge is -2.28. The molecule has 1 N–H and O–H groups in total. The summed E-state index contributed by atoms with van der Waals surface area (Å²) in [6.07, 6.45) is 5.37. The highest BCUT2D eigenvalue weighted by Gasteiger charge is 2.42. The number of methoxy groups -OCH3 is 1. The Bertz CT molecular complexity index is 677. The van der Waals surface area contributed by atoms with E-state index in [1.165, 1.54) is 42.8 Å². The van der Waals surface area contributed by atoms with Gasteiger partial charge in [-0.1, -0.05) is 12.5 Å². The van der Waals surface area contributed by atoms with Crippen LogP contribution < -0.4 is 14.8 Å². The van der Waals surface area contributed by atoms with E-state index in [1.54, 1.807) is 7.11 Å². The minimum absolute atomic E-state index is 0.0355. The van der Waals surface area contributed by atoms with Crippen LogP contribution in [0, 0.1) is 17.8 Å². The molecule has 1 aliphatic heterocycles. The highest BCUT2D eigenvalue weighted by atomic mass is 32.2. The Hall–Kier alpha value is -1.01. The minimum atomic E-state index is -0.0432. The summed E-state index contributed by atoms with van der Waals surface area (Å²) in [4.78, 5) is 12.4. The molecule has 2 saturated carbocycles. The lowest BCUT2D eigenvalue weighted by molar-refractivity contribution is -0.124. The maximum absolute atomic E-state index is 12.4. The van der Waals surface area contributed by atoms with Gasteiger partial charge in [-0.05, 0) is 61.6 Å². The lowest BCUT2D eigenvalue weighted by Crippen LogP contribution is -2.42. The molecule has 4 rings (SSSR count). The summed E-state index contributed by atoms with van der Waals surface area (Å²) in [6, 6.07) is 6.29. The predicted octanol–water partition coefficient (Wildman–Crippen LogP) is 4.49. The van der Waals surface area contributed by atoms with Crippen molar-refractivity contribution in [1.82, 2.24) is 5.32 Å². The highest BCUT2D eigenvalue weighted by Crippen LogP contribution is 2.49. The van der Waals surface area contributed by atoms with Gasteiger partial charge in [0.25, 0.3) is 5.91 Å². The summed E-state index contributed by atoms with van der Waals surface area (Å²) < 4.78 is 11.8. The molecule has 1 aromatic rings. The molecule has 1 heterocycles. The number of amides is 1. The number of benzene rings is 1. The average Bonchev–Trinajstić information content (AvgIpc) is 3.44. The molecule has 4 nitrogen and oxygen atoms in total. The molecule has 148 valence electrons. The third-order valence-corrected chi connectivity index (χ3v) is 9.37. The zero-order valence-electron chi connectivity index (χ0n) is 16.1. The standard InChI is InChI=1S/C21H29NO3S2/c1-13(17-10-14-3-4-15(17)9-14)22-20(23)12-25-18-6-5-16(11-19(18)24-2)21-26-7-8-27-21/h5-6,11,13-15,17,21H,3-4,7-10,12H2,1-2H3,(H,22,23)/t13-,14+,15+,17-/m1/s1. The Morgan fingerprint density at radius 3 is 2.70 bits per heavy atom. The van der Waals surface area contributed by atoms with Crippen molar-refractivity contribution in [3.63, 3.8) is 0 Å². The topological polar surface area (TPSA) is 47.6 Å². The number of fused-ring (bicyclic) bond motifs is 2. The Labute approximate surface area is 170 Å². The van der Waals surface area contributed by atoms with Crippen molar-refractivity contribution in [2.75, 3.05) is 25.2 Å². The van der Waals surface area contributed by atoms with Gasteiger partial charge in [-0.25, -0.2) is 0 Å². The van der Waals surface area contributed by atoms with Crippen LogP contribution in [0.25, 0.3) is 0 Å². The SMILES string of the molecule is COc1cc(C2SCCS2)ccc1OCC(=O)N[C@H](C)[C@H]1C[C@H]2CC[C@H]1C2. The zero-order chi connectivity index (χ0) is 18.8. The molecule has 4 atom stereocenters. The van der Waals surface area contributed by atoms with Gasteiger partial charge in [0, 0.05) is 17.5 Å². The fourth-order valence-electron chi connectivity index (χ4n) is 4.95. The summed E-state index contributed by atoms with van der Waals surface area (Å²) in [5, 5.41) is 3.16. The predicted molar refractivity (Wildman–Crippen MR) is 113 cm³/mol. The summed E-state index contributed by atoms with van der Waals surface area (Å²) in [7, 11) is 1.65. The van der Waals surface area contributed by atoms with Gasteiger partial charge in [-0.2, -0.15) is 0 Å². The molecule has 0 unspecified atom stereocenters. The normalized spacial score (nSPS) is 28.3. The van der Waals surface area contributed by atoms with E-state index in [2.05, 4.69) is 18.3 Å². The van der Waals surface area contributed by atoms with Crippen molar-refractivity contribution in [1.29, 1.82) is 0 Å². The number of hydrogen-bond donors (Lipinski definition) is 1. The van der Waals surface area contributed by atoms with E-state index in [4.69, 9.17) is 9.47 Å². The molecule has 1 aromatic carbocycles. The lowest BCUT2D eigenvalue weighted by atomic mass is 9.84. The third-order valence-electron chi connectivity index (χ3n) is 6.26. The van der Waals surface area contributed by atoms with Gasteiger partial charge < -0.3 is 14.8 Å². The first-order valence-corrected chi connectivity index (χ1v) is 12.1. The molecule has 0 spiro atoms. The van der Waals surface area contributed by atoms with Crippen molar-refractivity contribution in [2.24, 2.45) is 17.8 Å². The van der Waals surface area contributed by atoms with E-state index in [0.717, 1.165) is 11.8 Å². The van der Waals surface area contributed by atoms with Gasteiger partial charge >= 0.3 is 0 Å². The number of carbonyl (C=O) groups excluding carboxylic acids is 1. The van der Waals surface area contributed by atoms with Crippen LogP contribution in [0.4, 0.5) is 0 Å². The minimum Gasteiger partial charge on any atom is -0.493 e. The van der Waals surface area contributed by atoms with Crippen LogP contribution in [0.5, 0.6) is 11.5 Å². The van der Waals surface area contributed by atoms with Crippen LogP contribution in [-0.2, 0) is 4.79 Å². The molecular weight excluding hydrogens is 378 g/mol. The fourth-order valence-corrected chi connectivity index (χ4v) is 7.79. The molecular formula is C21H29NO3S2. The average molecular weight is 408 g/mol. The smallest absolute Gasteiger partial charge is 0.258 e. The second-order valence-electron chi connectivity index (χ2n) is 7.97. The van der Waals surface area contributed by atoms with E-state index in [1.807, 2.05) is 35.7 Å². The first-order chi connectivity index (χ1) is 13.1. The zero-order valence-corrected chi connectivity index (χ0v) is 17.7. The molecule has 1 saturated heterocycles. The number of thioether (sulfide) groups is 2. The highest BCUT2D eigenvalue weighted by molar-refractivity contribution is 8.19. The van der Waals surface area contributed by atoms with E-state index in [-0.39, 0.29) is 18.6 Å². The van der Waals surface area contributed by atoms with Crippen LogP contribution in [0.2, 0.25) is 0 Å². The molecule has 27 heavy (non-hydrogen) atoms. The van der Waals surface area contributed by atoms with Gasteiger partial charge in [0.2, 0.25) is 0 Å². The number of ether oxygens (including phenoxy) is 2. The molecule has 0 radical (unpaired) electrons. The van der Waals surface area contributed by atoms with E-state index in [9.17, 15) is 4.79 Å². The Morgan fingerprint density at radius 1 is 1.22 bits per heavy atom. The summed E-state index contributed by atoms with van der Waals surface area (Å²) in [5.41, 5.74) is 1.25. The van der Waals surface area contributed by atoms with Gasteiger partial charge in [0.05, 0.1) is 11.7 Å². The summed E-state index contributed by atoms with van der Waals surface area (Å²) >= 11 is 3.93. The van der Waals surface area contributed by atoms with Gasteiger partial charge in [0.1, 0.15) is 0 Å². The number of rotatable bonds is 7. The van der Waals surface area contributed by atoms with Gasteiger partial charge in [-0.3, -0.25) is 4.79 Å². The van der Waals surface area contributed by atoms with Gasteiger partial charge in [0.15, 0.2) is 18.1 Å². The van der Waals surface area contributed by atoms with Crippen molar-refractivity contribution in [2.45, 2.75) is 43.2 Å². The monoisotopic (exact) mass is 407 g/mol. The largest absolute Gasteiger partial charge is 0.493 e. The number of carbonyl (C=O) groups is 1. The van der Waals surface area contributed by atoms with Crippen LogP contribution in [0.1, 0.15) is 42.8 Å². The third kappa shape index (κ3) is 4.37. The van der Waals surface area contributed by atoms with E-state index >= 15 is 0 Å². The molecule has 2 bridgehead atoms. The molecule has 1 amide bonds. The van der Waals surface area contributed by atoms with Crippen molar-refractivity contribution in [3.05, 3.63) is 23.8 Å². The van der Waals surface area contributed by atoms with E-state index < -0.39 is 0 Å². The van der Waals surface area contributed by atoms with E-state index in [0.29, 0.717) is 22.0 Å². The van der Waals surface area contributed by atoms with Crippen molar-refractivity contribution < 1.29 is 14.3 Å². The maximum atomic E-state index is 12.4. The Balaban J connectivity index is 1.30. The molecule has 3 fully saturated rings. The quantitative estimate of drug-likeness (QED) is 0.721. The molecule has 2 aliphatic carbocycles. The van der Waals surface area contributed by atoms with Crippen molar-refractivity contribution >= 4 is 29.4 Å². The van der Waals surface area contributed by atoms with Crippen LogP contribution in [0.3, 0.4) is 0 Å². The summed E-state index contributed by atoms with van der Waals surface area (Å²) in [6.45, 7) is 2.18. The molecule has 6 heteroatoms. The fraction of sp³-hybridized carbons (Fsp3) is 0.667. The second-order valence-corrected chi connectivity index (χ2v) is 10.7. The van der Waals surface area contributed by atoms with Crippen LogP contribution >= 0.6 is 23.5 Å². The number of nitrogens with one attached hydrogen (secondary N) is 1. The Morgan fingerprint density at radius 2 is 2.04 bits per heavy atom. The Kier molecular flexibility index (Phi) is 6.12. The summed E-state index contributed by atoms with van der Waals surface area (Å²) in [5.74, 6) is 6.03. The van der Waals surface area contributed by atoms with Crippen LogP contribution in [-0.4, -0.2) is 37.2 Å².